The predicted octanol–water partition coefficient (Wildman–Crippen LogP) is 2.85. The maximum atomic E-state index is 12.5. The van der Waals surface area contributed by atoms with Gasteiger partial charge in [0, 0.05) is 30.3 Å². The predicted molar refractivity (Wildman–Crippen MR) is 85.1 cm³/mol. The third-order valence-electron chi connectivity index (χ3n) is 5.08. The number of methoxy groups -OCH3 is 1. The van der Waals surface area contributed by atoms with Crippen LogP contribution in [0.5, 0.6) is 5.75 Å². The van der Waals surface area contributed by atoms with Gasteiger partial charge in [-0.05, 0) is 37.8 Å². The quantitative estimate of drug-likeness (QED) is 0.883. The SMILES string of the molecule is COc1cccc(NC(=O)N2CCC[C@@]3(CCC[C@H]3O)C2)c1. The van der Waals surface area contributed by atoms with Gasteiger partial charge >= 0.3 is 6.03 Å². The average molecular weight is 304 g/mol. The van der Waals surface area contributed by atoms with Crippen molar-refractivity contribution in [2.45, 2.75) is 38.2 Å². The maximum Gasteiger partial charge on any atom is 0.321 e. The zero-order valence-corrected chi connectivity index (χ0v) is 13.0. The Morgan fingerprint density at radius 2 is 2.23 bits per heavy atom. The second-order valence-corrected chi connectivity index (χ2v) is 6.46. The molecule has 5 heteroatoms. The molecule has 1 heterocycles. The van der Waals surface area contributed by atoms with E-state index in [1.165, 1.54) is 0 Å². The lowest BCUT2D eigenvalue weighted by Crippen LogP contribution is -2.50. The molecule has 0 aromatic heterocycles. The van der Waals surface area contributed by atoms with Crippen molar-refractivity contribution in [2.75, 3.05) is 25.5 Å². The molecular weight excluding hydrogens is 280 g/mol. The topological polar surface area (TPSA) is 61.8 Å². The number of anilines is 1. The van der Waals surface area contributed by atoms with E-state index in [0.29, 0.717) is 6.54 Å². The Labute approximate surface area is 131 Å². The van der Waals surface area contributed by atoms with Crippen molar-refractivity contribution < 1.29 is 14.6 Å². The van der Waals surface area contributed by atoms with Gasteiger partial charge < -0.3 is 20.1 Å². The summed E-state index contributed by atoms with van der Waals surface area (Å²) in [5, 5.41) is 13.2. The zero-order chi connectivity index (χ0) is 15.6. The third-order valence-corrected chi connectivity index (χ3v) is 5.08. The highest BCUT2D eigenvalue weighted by molar-refractivity contribution is 5.89. The summed E-state index contributed by atoms with van der Waals surface area (Å²) in [4.78, 5) is 14.4. The first kappa shape index (κ1) is 15.2. The number of aliphatic hydroxyl groups is 1. The molecule has 2 amide bonds. The first-order valence-electron chi connectivity index (χ1n) is 8.01. The number of nitrogens with one attached hydrogen (secondary N) is 1. The Bertz CT molecular complexity index is 548. The zero-order valence-electron chi connectivity index (χ0n) is 13.0. The molecule has 1 aromatic rings. The van der Waals surface area contributed by atoms with Gasteiger partial charge in [0.05, 0.1) is 13.2 Å². The molecule has 0 unspecified atom stereocenters. The first-order chi connectivity index (χ1) is 10.6. The molecule has 2 aliphatic rings. The third kappa shape index (κ3) is 2.90. The molecule has 1 aromatic carbocycles. The lowest BCUT2D eigenvalue weighted by molar-refractivity contribution is 0.00400. The summed E-state index contributed by atoms with van der Waals surface area (Å²) in [5.74, 6) is 0.721. The highest BCUT2D eigenvalue weighted by Crippen LogP contribution is 2.45. The second kappa shape index (κ2) is 6.16. The van der Waals surface area contributed by atoms with Crippen LogP contribution in [0.2, 0.25) is 0 Å². The molecule has 0 bridgehead atoms. The van der Waals surface area contributed by atoms with E-state index in [9.17, 15) is 9.90 Å². The van der Waals surface area contributed by atoms with Crippen molar-refractivity contribution in [1.29, 1.82) is 0 Å². The standard InChI is InChI=1S/C17H24N2O3/c1-22-14-6-2-5-13(11-14)18-16(21)19-10-4-9-17(12-19)8-3-7-15(17)20/h2,5-6,11,15,20H,3-4,7-10,12H2,1H3,(H,18,21)/t15-,17+/m1/s1. The second-order valence-electron chi connectivity index (χ2n) is 6.46. The van der Waals surface area contributed by atoms with Gasteiger partial charge in [0.1, 0.15) is 5.75 Å². The van der Waals surface area contributed by atoms with Crippen LogP contribution in [0, 0.1) is 5.41 Å². The van der Waals surface area contributed by atoms with Gasteiger partial charge in [-0.15, -0.1) is 0 Å². The van der Waals surface area contributed by atoms with Crippen LogP contribution in [0.25, 0.3) is 0 Å². The Morgan fingerprint density at radius 3 is 2.95 bits per heavy atom. The van der Waals surface area contributed by atoms with Gasteiger partial charge in [0.25, 0.3) is 0 Å². The minimum Gasteiger partial charge on any atom is -0.497 e. The van der Waals surface area contributed by atoms with Crippen LogP contribution < -0.4 is 10.1 Å². The van der Waals surface area contributed by atoms with Crippen LogP contribution in [0.15, 0.2) is 24.3 Å². The monoisotopic (exact) mass is 304 g/mol. The fourth-order valence-corrected chi connectivity index (χ4v) is 3.83. The van der Waals surface area contributed by atoms with Crippen LogP contribution in [-0.2, 0) is 0 Å². The molecule has 1 aliphatic carbocycles. The molecule has 1 aliphatic heterocycles. The molecule has 22 heavy (non-hydrogen) atoms. The van der Waals surface area contributed by atoms with Crippen molar-refractivity contribution in [3.8, 4) is 5.75 Å². The molecule has 1 saturated carbocycles. The number of ether oxygens (including phenoxy) is 1. The molecule has 3 rings (SSSR count). The lowest BCUT2D eigenvalue weighted by atomic mass is 9.77. The minimum atomic E-state index is -0.264. The number of nitrogens with zero attached hydrogens (tertiary/aromatic N) is 1. The van der Waals surface area contributed by atoms with E-state index >= 15 is 0 Å². The number of aliphatic hydroxyl groups excluding tert-OH is 1. The Morgan fingerprint density at radius 1 is 1.41 bits per heavy atom. The van der Waals surface area contributed by atoms with E-state index in [-0.39, 0.29) is 17.6 Å². The van der Waals surface area contributed by atoms with Gasteiger partial charge in [0.2, 0.25) is 0 Å². The van der Waals surface area contributed by atoms with E-state index in [4.69, 9.17) is 4.74 Å². The van der Waals surface area contributed by atoms with E-state index in [2.05, 4.69) is 5.32 Å². The van der Waals surface area contributed by atoms with Crippen LogP contribution in [0.4, 0.5) is 10.5 Å². The highest BCUT2D eigenvalue weighted by Gasteiger charge is 2.45. The summed E-state index contributed by atoms with van der Waals surface area (Å²) >= 11 is 0. The van der Waals surface area contributed by atoms with Crippen LogP contribution >= 0.6 is 0 Å². The molecular formula is C17H24N2O3. The number of carbonyl (C=O) groups excluding carboxylic acids is 1. The number of carbonyl (C=O) groups is 1. The Kier molecular flexibility index (Phi) is 4.25. The molecule has 120 valence electrons. The minimum absolute atomic E-state index is 0.0794. The summed E-state index contributed by atoms with van der Waals surface area (Å²) in [6.45, 7) is 1.41. The van der Waals surface area contributed by atoms with Gasteiger partial charge in [-0.2, -0.15) is 0 Å². The number of rotatable bonds is 2. The molecule has 1 saturated heterocycles. The van der Waals surface area contributed by atoms with Crippen molar-refractivity contribution in [3.63, 3.8) is 0 Å². The Balaban J connectivity index is 1.66. The number of piperidine rings is 1. The van der Waals surface area contributed by atoms with E-state index in [1.807, 2.05) is 29.2 Å². The van der Waals surface area contributed by atoms with Gasteiger partial charge in [-0.25, -0.2) is 4.79 Å². The van der Waals surface area contributed by atoms with E-state index in [0.717, 1.165) is 50.1 Å². The summed E-state index contributed by atoms with van der Waals surface area (Å²) in [7, 11) is 1.61. The van der Waals surface area contributed by atoms with Crippen molar-refractivity contribution in [2.24, 2.45) is 5.41 Å². The van der Waals surface area contributed by atoms with Crippen LogP contribution in [-0.4, -0.2) is 42.3 Å². The largest absolute Gasteiger partial charge is 0.497 e. The number of amides is 2. The highest BCUT2D eigenvalue weighted by atomic mass is 16.5. The number of benzene rings is 1. The fourth-order valence-electron chi connectivity index (χ4n) is 3.83. The molecule has 2 atom stereocenters. The molecule has 2 N–H and O–H groups in total. The molecule has 2 fully saturated rings. The summed E-state index contributed by atoms with van der Waals surface area (Å²) in [5.41, 5.74) is 0.653. The maximum absolute atomic E-state index is 12.5. The lowest BCUT2D eigenvalue weighted by Gasteiger charge is -2.42. The first-order valence-corrected chi connectivity index (χ1v) is 8.01. The number of urea groups is 1. The van der Waals surface area contributed by atoms with E-state index in [1.54, 1.807) is 7.11 Å². The van der Waals surface area contributed by atoms with Crippen LogP contribution in [0.1, 0.15) is 32.1 Å². The summed E-state index contributed by atoms with van der Waals surface area (Å²) in [6.07, 6.45) is 4.68. The smallest absolute Gasteiger partial charge is 0.321 e. The normalized spacial score (nSPS) is 27.9. The summed E-state index contributed by atoms with van der Waals surface area (Å²) < 4.78 is 5.17. The average Bonchev–Trinajstić information content (AvgIpc) is 2.88. The van der Waals surface area contributed by atoms with Crippen LogP contribution in [0.3, 0.4) is 0 Å². The van der Waals surface area contributed by atoms with Gasteiger partial charge in [-0.3, -0.25) is 0 Å². The molecule has 5 nitrogen and oxygen atoms in total. The number of hydrogen-bond acceptors (Lipinski definition) is 3. The van der Waals surface area contributed by atoms with E-state index < -0.39 is 0 Å². The number of likely N-dealkylation sites (tertiary alicyclic amines) is 1. The summed E-state index contributed by atoms with van der Waals surface area (Å²) in [6, 6.07) is 7.27. The van der Waals surface area contributed by atoms with Crippen molar-refractivity contribution >= 4 is 11.7 Å². The molecule has 0 radical (unpaired) electrons. The molecule has 1 spiro atoms. The number of hydrogen-bond donors (Lipinski definition) is 2. The van der Waals surface area contributed by atoms with Gasteiger partial charge in [0.15, 0.2) is 0 Å². The fraction of sp³-hybridized carbons (Fsp3) is 0.588. The Hall–Kier alpha value is -1.75. The van der Waals surface area contributed by atoms with Gasteiger partial charge in [-0.1, -0.05) is 12.5 Å². The van der Waals surface area contributed by atoms with Crippen molar-refractivity contribution in [1.82, 2.24) is 4.90 Å². The van der Waals surface area contributed by atoms with Crippen molar-refractivity contribution in [3.05, 3.63) is 24.3 Å².